The van der Waals surface area contributed by atoms with Gasteiger partial charge in [-0.2, -0.15) is 0 Å². The normalized spacial score (nSPS) is 8.36. The lowest BCUT2D eigenvalue weighted by atomic mass is 10.1. The summed E-state index contributed by atoms with van der Waals surface area (Å²) in [7, 11) is 0. The van der Waals surface area contributed by atoms with Crippen LogP contribution in [0.5, 0.6) is 0 Å². The summed E-state index contributed by atoms with van der Waals surface area (Å²) < 4.78 is 4.57. The van der Waals surface area contributed by atoms with Crippen LogP contribution >= 0.6 is 0 Å². The molecule has 0 atom stereocenters. The van der Waals surface area contributed by atoms with E-state index in [1.807, 2.05) is 0 Å². The third kappa shape index (κ3) is 13.5. The molecule has 0 unspecified atom stereocenters. The molecule has 14 heavy (non-hydrogen) atoms. The zero-order valence-electron chi connectivity index (χ0n) is 9.26. The summed E-state index contributed by atoms with van der Waals surface area (Å²) in [4.78, 5) is 10.8. The number of ether oxygens (including phenoxy) is 1. The number of unbranched alkanes of at least 4 members (excludes halogenated alkanes) is 4. The molecule has 0 aliphatic rings. The molecule has 2 heteroatoms. The second kappa shape index (κ2) is 14.5. The van der Waals surface area contributed by atoms with E-state index >= 15 is 0 Å². The minimum atomic E-state index is -0.165. The SMILES string of the molecule is C=C.C=COC(=O)CCCCCCC. The molecule has 0 fully saturated rings. The van der Waals surface area contributed by atoms with Crippen molar-refractivity contribution in [1.29, 1.82) is 0 Å². The Balaban J connectivity index is 0. The predicted octanol–water partition coefficient (Wildman–Crippen LogP) is 3.84. The van der Waals surface area contributed by atoms with Crippen molar-refractivity contribution < 1.29 is 9.53 Å². The summed E-state index contributed by atoms with van der Waals surface area (Å²) in [5, 5.41) is 0. The van der Waals surface area contributed by atoms with Crippen LogP contribution in [0.25, 0.3) is 0 Å². The first-order valence-corrected chi connectivity index (χ1v) is 5.11. The van der Waals surface area contributed by atoms with Crippen LogP contribution in [-0.4, -0.2) is 5.97 Å². The second-order valence-electron chi connectivity index (χ2n) is 2.82. The van der Waals surface area contributed by atoms with Crippen LogP contribution in [0.15, 0.2) is 26.0 Å². The van der Waals surface area contributed by atoms with Crippen LogP contribution < -0.4 is 0 Å². The standard InChI is InChI=1S/C10H18O2.C2H4/c1-3-5-6-7-8-9-10(11)12-4-2;1-2/h4H,2-3,5-9H2,1H3;1-2H2. The number of hydrogen-bond donors (Lipinski definition) is 0. The highest BCUT2D eigenvalue weighted by molar-refractivity contribution is 5.69. The lowest BCUT2D eigenvalue weighted by molar-refractivity contribution is -0.138. The van der Waals surface area contributed by atoms with E-state index in [1.54, 1.807) is 0 Å². The van der Waals surface area contributed by atoms with Gasteiger partial charge in [-0.05, 0) is 6.42 Å². The Morgan fingerprint density at radius 3 is 2.29 bits per heavy atom. The van der Waals surface area contributed by atoms with Gasteiger partial charge in [0.1, 0.15) is 0 Å². The zero-order chi connectivity index (χ0) is 11.2. The lowest BCUT2D eigenvalue weighted by Gasteiger charge is -1.98. The van der Waals surface area contributed by atoms with Crippen molar-refractivity contribution in [3.8, 4) is 0 Å². The number of esters is 1. The van der Waals surface area contributed by atoms with E-state index in [4.69, 9.17) is 0 Å². The van der Waals surface area contributed by atoms with Gasteiger partial charge in [-0.15, -0.1) is 13.2 Å². The molecule has 0 heterocycles. The van der Waals surface area contributed by atoms with Crippen LogP contribution in [-0.2, 0) is 9.53 Å². The first-order valence-electron chi connectivity index (χ1n) is 5.11. The minimum absolute atomic E-state index is 0.165. The Hall–Kier alpha value is -1.05. The molecule has 0 amide bonds. The van der Waals surface area contributed by atoms with Crippen LogP contribution in [0.3, 0.4) is 0 Å². The molecular formula is C12H22O2. The predicted molar refractivity (Wildman–Crippen MR) is 60.9 cm³/mol. The number of carbonyl (C=O) groups is 1. The maximum Gasteiger partial charge on any atom is 0.310 e. The Morgan fingerprint density at radius 2 is 1.79 bits per heavy atom. The monoisotopic (exact) mass is 198 g/mol. The fourth-order valence-corrected chi connectivity index (χ4v) is 1.02. The first-order chi connectivity index (χ1) is 6.81. The van der Waals surface area contributed by atoms with E-state index in [0.29, 0.717) is 6.42 Å². The van der Waals surface area contributed by atoms with Crippen molar-refractivity contribution >= 4 is 5.97 Å². The van der Waals surface area contributed by atoms with E-state index < -0.39 is 0 Å². The van der Waals surface area contributed by atoms with Crippen LogP contribution in [0.4, 0.5) is 0 Å². The van der Waals surface area contributed by atoms with Gasteiger partial charge in [0, 0.05) is 6.42 Å². The molecule has 0 aliphatic heterocycles. The second-order valence-corrected chi connectivity index (χ2v) is 2.82. The largest absolute Gasteiger partial charge is 0.435 e. The minimum Gasteiger partial charge on any atom is -0.435 e. The molecule has 0 aromatic carbocycles. The fourth-order valence-electron chi connectivity index (χ4n) is 1.02. The molecule has 82 valence electrons. The maximum atomic E-state index is 10.8. The van der Waals surface area contributed by atoms with E-state index in [-0.39, 0.29) is 5.97 Å². The van der Waals surface area contributed by atoms with Gasteiger partial charge >= 0.3 is 5.97 Å². The highest BCUT2D eigenvalue weighted by Gasteiger charge is 1.98. The molecule has 0 aromatic heterocycles. The summed E-state index contributed by atoms with van der Waals surface area (Å²) in [6, 6.07) is 0. The molecule has 0 spiro atoms. The van der Waals surface area contributed by atoms with Gasteiger partial charge < -0.3 is 4.74 Å². The topological polar surface area (TPSA) is 26.3 Å². The van der Waals surface area contributed by atoms with Gasteiger partial charge in [-0.1, -0.05) is 39.2 Å². The highest BCUT2D eigenvalue weighted by atomic mass is 16.5. The Bertz CT molecular complexity index is 141. The van der Waals surface area contributed by atoms with Gasteiger partial charge in [0.2, 0.25) is 0 Å². The maximum absolute atomic E-state index is 10.8. The Labute approximate surface area is 87.7 Å². The Kier molecular flexibility index (Phi) is 15.9. The van der Waals surface area contributed by atoms with Gasteiger partial charge in [-0.3, -0.25) is 4.79 Å². The summed E-state index contributed by atoms with van der Waals surface area (Å²) >= 11 is 0. The fraction of sp³-hybridized carbons (Fsp3) is 0.583. The number of carbonyl (C=O) groups excluding carboxylic acids is 1. The molecule has 0 saturated carbocycles. The zero-order valence-corrected chi connectivity index (χ0v) is 9.26. The smallest absolute Gasteiger partial charge is 0.310 e. The van der Waals surface area contributed by atoms with Crippen molar-refractivity contribution in [3.05, 3.63) is 26.0 Å². The van der Waals surface area contributed by atoms with Crippen molar-refractivity contribution in [2.45, 2.75) is 45.4 Å². The van der Waals surface area contributed by atoms with E-state index in [1.165, 1.54) is 25.5 Å². The van der Waals surface area contributed by atoms with Crippen molar-refractivity contribution in [2.24, 2.45) is 0 Å². The molecule has 0 aromatic rings. The molecule has 0 N–H and O–H groups in total. The van der Waals surface area contributed by atoms with E-state index in [0.717, 1.165) is 12.8 Å². The highest BCUT2D eigenvalue weighted by Crippen LogP contribution is 2.05. The molecule has 0 rings (SSSR count). The van der Waals surface area contributed by atoms with E-state index in [2.05, 4.69) is 31.4 Å². The van der Waals surface area contributed by atoms with Crippen molar-refractivity contribution in [3.63, 3.8) is 0 Å². The first kappa shape index (κ1) is 15.4. The van der Waals surface area contributed by atoms with Crippen molar-refractivity contribution in [1.82, 2.24) is 0 Å². The van der Waals surface area contributed by atoms with Crippen LogP contribution in [0.2, 0.25) is 0 Å². The molecule has 0 saturated heterocycles. The van der Waals surface area contributed by atoms with Gasteiger partial charge in [0.05, 0.1) is 6.26 Å². The van der Waals surface area contributed by atoms with Gasteiger partial charge in [0.25, 0.3) is 0 Å². The van der Waals surface area contributed by atoms with Gasteiger partial charge in [-0.25, -0.2) is 0 Å². The van der Waals surface area contributed by atoms with Gasteiger partial charge in [0.15, 0.2) is 0 Å². The third-order valence-corrected chi connectivity index (χ3v) is 1.70. The number of hydrogen-bond acceptors (Lipinski definition) is 2. The molecular weight excluding hydrogens is 176 g/mol. The summed E-state index contributed by atoms with van der Waals surface area (Å²) in [5.74, 6) is -0.165. The summed E-state index contributed by atoms with van der Waals surface area (Å²) in [6.07, 6.45) is 7.49. The number of rotatable bonds is 7. The van der Waals surface area contributed by atoms with Crippen LogP contribution in [0.1, 0.15) is 45.4 Å². The van der Waals surface area contributed by atoms with Crippen LogP contribution in [0, 0.1) is 0 Å². The molecule has 0 radical (unpaired) electrons. The summed E-state index contributed by atoms with van der Waals surface area (Å²) in [6.45, 7) is 11.5. The Morgan fingerprint density at radius 1 is 1.21 bits per heavy atom. The lowest BCUT2D eigenvalue weighted by Crippen LogP contribution is -1.98. The quantitative estimate of drug-likeness (QED) is 0.269. The summed E-state index contributed by atoms with van der Waals surface area (Å²) in [5.41, 5.74) is 0. The third-order valence-electron chi connectivity index (χ3n) is 1.70. The van der Waals surface area contributed by atoms with E-state index in [9.17, 15) is 4.79 Å². The van der Waals surface area contributed by atoms with Crippen molar-refractivity contribution in [2.75, 3.05) is 0 Å². The average Bonchev–Trinajstić information content (AvgIpc) is 2.21. The molecule has 0 bridgehead atoms. The average molecular weight is 198 g/mol. The molecule has 2 nitrogen and oxygen atoms in total. The molecule has 0 aliphatic carbocycles.